The highest BCUT2D eigenvalue weighted by Crippen LogP contribution is 2.34. The maximum absolute atomic E-state index is 12.4. The van der Waals surface area contributed by atoms with Crippen LogP contribution in [0.2, 0.25) is 0 Å². The largest absolute Gasteiger partial charge is 0.481 e. The van der Waals surface area contributed by atoms with Crippen LogP contribution in [0.5, 0.6) is 0 Å². The molecule has 0 spiro atoms. The topological polar surface area (TPSA) is 83.9 Å². The lowest BCUT2D eigenvalue weighted by molar-refractivity contribution is -0.137. The van der Waals surface area contributed by atoms with Gasteiger partial charge in [0.25, 0.3) is 5.91 Å². The van der Waals surface area contributed by atoms with Crippen LogP contribution in [0.15, 0.2) is 56.2 Å². The number of carboxylic acid groups (broad SMARTS) is 1. The molecule has 2 aromatic heterocycles. The number of thiocarbonyl (C=S) groups is 1. The standard InChI is InChI=1S/C19H13NO5S2/c21-17(22)7-8-20-18(23)16(27-19(20)26)10-12-5-6-14(24-12)15-9-11-3-1-2-4-13(11)25-15/h1-6,9-10H,7-8H2,(H,21,22). The number of fused-ring (bicyclic) bond motifs is 1. The second-order valence-corrected chi connectivity index (χ2v) is 7.50. The molecule has 0 radical (unpaired) electrons. The van der Waals surface area contributed by atoms with E-state index in [0.29, 0.717) is 26.5 Å². The summed E-state index contributed by atoms with van der Waals surface area (Å²) in [6, 6.07) is 13.1. The second kappa shape index (κ2) is 7.05. The Hall–Kier alpha value is -2.84. The molecule has 1 saturated heterocycles. The zero-order valence-corrected chi connectivity index (χ0v) is 15.5. The van der Waals surface area contributed by atoms with Crippen LogP contribution in [0, 0.1) is 0 Å². The summed E-state index contributed by atoms with van der Waals surface area (Å²) in [5.74, 6) is 0.357. The molecule has 1 N–H and O–H groups in total. The number of hydrogen-bond acceptors (Lipinski definition) is 6. The summed E-state index contributed by atoms with van der Waals surface area (Å²) in [4.78, 5) is 24.8. The summed E-state index contributed by atoms with van der Waals surface area (Å²) >= 11 is 6.30. The van der Waals surface area contributed by atoms with E-state index >= 15 is 0 Å². The lowest BCUT2D eigenvalue weighted by Crippen LogP contribution is -2.30. The molecule has 136 valence electrons. The quantitative estimate of drug-likeness (QED) is 0.504. The van der Waals surface area contributed by atoms with Crippen LogP contribution in [0.3, 0.4) is 0 Å². The van der Waals surface area contributed by atoms with Gasteiger partial charge in [-0.2, -0.15) is 0 Å². The highest BCUT2D eigenvalue weighted by Gasteiger charge is 2.32. The molecule has 1 amide bonds. The van der Waals surface area contributed by atoms with Crippen molar-refractivity contribution in [2.45, 2.75) is 6.42 Å². The van der Waals surface area contributed by atoms with Crippen molar-refractivity contribution in [3.05, 3.63) is 53.1 Å². The van der Waals surface area contributed by atoms with Gasteiger partial charge in [0, 0.05) is 18.0 Å². The second-order valence-electron chi connectivity index (χ2n) is 5.83. The van der Waals surface area contributed by atoms with Crippen molar-refractivity contribution in [2.24, 2.45) is 0 Å². The van der Waals surface area contributed by atoms with Gasteiger partial charge in [-0.05, 0) is 24.3 Å². The zero-order valence-electron chi connectivity index (χ0n) is 13.9. The molecular weight excluding hydrogens is 386 g/mol. The van der Waals surface area contributed by atoms with Gasteiger partial charge in [-0.15, -0.1) is 0 Å². The Morgan fingerprint density at radius 2 is 2.00 bits per heavy atom. The molecular formula is C19H13NO5S2. The van der Waals surface area contributed by atoms with Crippen molar-refractivity contribution in [3.63, 3.8) is 0 Å². The average Bonchev–Trinajstić information content (AvgIpc) is 3.32. The summed E-state index contributed by atoms with van der Waals surface area (Å²) in [7, 11) is 0. The number of para-hydroxylation sites is 1. The van der Waals surface area contributed by atoms with Gasteiger partial charge in [0.15, 0.2) is 11.5 Å². The lowest BCUT2D eigenvalue weighted by Gasteiger charge is -2.12. The van der Waals surface area contributed by atoms with E-state index in [1.807, 2.05) is 30.3 Å². The van der Waals surface area contributed by atoms with E-state index in [0.717, 1.165) is 22.7 Å². The Kier molecular flexibility index (Phi) is 4.59. The molecule has 0 aliphatic carbocycles. The van der Waals surface area contributed by atoms with Gasteiger partial charge in [-0.1, -0.05) is 42.2 Å². The summed E-state index contributed by atoms with van der Waals surface area (Å²) in [5.41, 5.74) is 0.768. The first-order chi connectivity index (χ1) is 13.0. The van der Waals surface area contributed by atoms with Crippen LogP contribution >= 0.6 is 24.0 Å². The number of benzene rings is 1. The third-order valence-electron chi connectivity index (χ3n) is 3.99. The maximum atomic E-state index is 12.4. The number of amides is 1. The fourth-order valence-electron chi connectivity index (χ4n) is 2.70. The van der Waals surface area contributed by atoms with E-state index in [4.69, 9.17) is 26.2 Å². The number of hydrogen-bond donors (Lipinski definition) is 1. The molecule has 6 nitrogen and oxygen atoms in total. The number of carbonyl (C=O) groups excluding carboxylic acids is 1. The first-order valence-electron chi connectivity index (χ1n) is 8.07. The van der Waals surface area contributed by atoms with Crippen molar-refractivity contribution in [2.75, 3.05) is 6.54 Å². The smallest absolute Gasteiger partial charge is 0.305 e. The molecule has 27 heavy (non-hydrogen) atoms. The van der Waals surface area contributed by atoms with Crippen LogP contribution in [0.25, 0.3) is 28.6 Å². The molecule has 0 saturated carbocycles. The van der Waals surface area contributed by atoms with E-state index in [9.17, 15) is 9.59 Å². The Labute approximate surface area is 163 Å². The van der Waals surface area contributed by atoms with Crippen LogP contribution in [-0.4, -0.2) is 32.7 Å². The van der Waals surface area contributed by atoms with E-state index in [1.165, 1.54) is 4.90 Å². The van der Waals surface area contributed by atoms with Crippen LogP contribution < -0.4 is 0 Å². The predicted molar refractivity (Wildman–Crippen MR) is 106 cm³/mol. The molecule has 8 heteroatoms. The van der Waals surface area contributed by atoms with Crippen LogP contribution in [0.1, 0.15) is 12.2 Å². The molecule has 1 aliphatic heterocycles. The molecule has 4 rings (SSSR count). The minimum absolute atomic E-state index is 0.0553. The Morgan fingerprint density at radius 1 is 1.19 bits per heavy atom. The monoisotopic (exact) mass is 399 g/mol. The van der Waals surface area contributed by atoms with E-state index in [-0.39, 0.29) is 18.9 Å². The summed E-state index contributed by atoms with van der Waals surface area (Å²) in [6.07, 6.45) is 1.45. The SMILES string of the molecule is O=C(O)CCN1C(=O)C(=Cc2ccc(-c3cc4ccccc4o3)o2)SC1=S. The lowest BCUT2D eigenvalue weighted by atomic mass is 10.2. The predicted octanol–water partition coefficient (Wildman–Crippen LogP) is 4.37. The summed E-state index contributed by atoms with van der Waals surface area (Å²) in [6.45, 7) is 0.0553. The number of carbonyl (C=O) groups is 2. The number of carboxylic acids is 1. The number of rotatable bonds is 5. The first-order valence-corrected chi connectivity index (χ1v) is 9.30. The van der Waals surface area contributed by atoms with Crippen molar-refractivity contribution < 1.29 is 23.5 Å². The highest BCUT2D eigenvalue weighted by molar-refractivity contribution is 8.26. The van der Waals surface area contributed by atoms with Crippen molar-refractivity contribution in [3.8, 4) is 11.5 Å². The number of thioether (sulfide) groups is 1. The van der Waals surface area contributed by atoms with E-state index in [1.54, 1.807) is 18.2 Å². The fraction of sp³-hybridized carbons (Fsp3) is 0.105. The highest BCUT2D eigenvalue weighted by atomic mass is 32.2. The van der Waals surface area contributed by atoms with Gasteiger partial charge in [0.05, 0.1) is 11.3 Å². The molecule has 0 bridgehead atoms. The fourth-order valence-corrected chi connectivity index (χ4v) is 3.98. The number of furan rings is 2. The van der Waals surface area contributed by atoms with Gasteiger partial charge >= 0.3 is 5.97 Å². The molecule has 1 aliphatic rings. The van der Waals surface area contributed by atoms with Gasteiger partial charge < -0.3 is 13.9 Å². The third-order valence-corrected chi connectivity index (χ3v) is 5.37. The van der Waals surface area contributed by atoms with E-state index in [2.05, 4.69) is 0 Å². The van der Waals surface area contributed by atoms with Crippen molar-refractivity contribution in [1.29, 1.82) is 0 Å². The molecule has 1 aromatic carbocycles. The zero-order chi connectivity index (χ0) is 19.0. The number of aliphatic carboxylic acids is 1. The van der Waals surface area contributed by atoms with Gasteiger partial charge in [-0.25, -0.2) is 0 Å². The van der Waals surface area contributed by atoms with Crippen LogP contribution in [0.4, 0.5) is 0 Å². The minimum atomic E-state index is -0.977. The minimum Gasteiger partial charge on any atom is -0.481 e. The molecule has 3 aromatic rings. The Bertz CT molecular complexity index is 1060. The van der Waals surface area contributed by atoms with Crippen LogP contribution in [-0.2, 0) is 9.59 Å². The van der Waals surface area contributed by atoms with Crippen molar-refractivity contribution in [1.82, 2.24) is 4.90 Å². The summed E-state index contributed by atoms with van der Waals surface area (Å²) in [5, 5.41) is 9.76. The van der Waals surface area contributed by atoms with Gasteiger partial charge in [-0.3, -0.25) is 14.5 Å². The molecule has 0 unspecified atom stereocenters. The van der Waals surface area contributed by atoms with Gasteiger partial charge in [0.2, 0.25) is 0 Å². The molecule has 0 atom stereocenters. The Balaban J connectivity index is 1.55. The average molecular weight is 399 g/mol. The Morgan fingerprint density at radius 3 is 2.78 bits per heavy atom. The van der Waals surface area contributed by atoms with E-state index < -0.39 is 5.97 Å². The van der Waals surface area contributed by atoms with Gasteiger partial charge in [0.1, 0.15) is 15.7 Å². The third kappa shape index (κ3) is 3.54. The normalized spacial score (nSPS) is 16.0. The first kappa shape index (κ1) is 17.6. The van der Waals surface area contributed by atoms with Crippen molar-refractivity contribution >= 4 is 57.2 Å². The molecule has 1 fully saturated rings. The molecule has 3 heterocycles. The maximum Gasteiger partial charge on any atom is 0.305 e. The number of nitrogens with zero attached hydrogens (tertiary/aromatic N) is 1. The summed E-state index contributed by atoms with van der Waals surface area (Å²) < 4.78 is 11.9.